The zero-order chi connectivity index (χ0) is 14.2. The number of nitrogen functional groups attached to an aromatic ring is 1. The van der Waals surface area contributed by atoms with Crippen LogP contribution in [0, 0.1) is 11.2 Å². The molecule has 1 aliphatic rings. The second kappa shape index (κ2) is 4.64. The molecule has 1 aromatic carbocycles. The summed E-state index contributed by atoms with van der Waals surface area (Å²) in [5, 5.41) is 0. The summed E-state index contributed by atoms with van der Waals surface area (Å²) in [6.45, 7) is 3.81. The van der Waals surface area contributed by atoms with E-state index in [4.69, 9.17) is 5.73 Å². The molecule has 4 nitrogen and oxygen atoms in total. The lowest BCUT2D eigenvalue weighted by atomic mass is 9.81. The average Bonchev–Trinajstić information content (AvgIpc) is 2.26. The van der Waals surface area contributed by atoms with Crippen molar-refractivity contribution in [1.29, 1.82) is 0 Å². The van der Waals surface area contributed by atoms with Crippen LogP contribution in [0.1, 0.15) is 32.3 Å². The van der Waals surface area contributed by atoms with E-state index < -0.39 is 5.82 Å². The van der Waals surface area contributed by atoms with Crippen molar-refractivity contribution in [2.24, 2.45) is 5.41 Å². The second-order valence-corrected chi connectivity index (χ2v) is 5.73. The van der Waals surface area contributed by atoms with Crippen LogP contribution in [0.3, 0.4) is 0 Å². The molecule has 0 aliphatic carbocycles. The molecule has 5 heteroatoms. The number of hydrogen-bond acceptors (Lipinski definition) is 3. The summed E-state index contributed by atoms with van der Waals surface area (Å²) in [5.74, 6) is -0.892. The van der Waals surface area contributed by atoms with E-state index in [-0.39, 0.29) is 23.8 Å². The van der Waals surface area contributed by atoms with Crippen molar-refractivity contribution < 1.29 is 14.0 Å². The van der Waals surface area contributed by atoms with Crippen molar-refractivity contribution in [3.63, 3.8) is 0 Å². The highest BCUT2D eigenvalue weighted by molar-refractivity contribution is 5.98. The molecule has 1 saturated heterocycles. The fraction of sp³-hybridized carbons (Fsp3) is 0.429. The summed E-state index contributed by atoms with van der Waals surface area (Å²) in [6.07, 6.45) is 0.627. The molecule has 0 saturated carbocycles. The van der Waals surface area contributed by atoms with Gasteiger partial charge in [0.25, 0.3) is 0 Å². The van der Waals surface area contributed by atoms with Crippen LogP contribution in [0.2, 0.25) is 0 Å². The van der Waals surface area contributed by atoms with Gasteiger partial charge in [0, 0.05) is 18.5 Å². The summed E-state index contributed by atoms with van der Waals surface area (Å²) in [7, 11) is 0. The van der Waals surface area contributed by atoms with E-state index >= 15 is 0 Å². The van der Waals surface area contributed by atoms with Crippen molar-refractivity contribution in [2.75, 3.05) is 5.73 Å². The third-order valence-corrected chi connectivity index (χ3v) is 3.30. The fourth-order valence-corrected chi connectivity index (χ4v) is 2.27. The Morgan fingerprint density at radius 1 is 1.26 bits per heavy atom. The molecular weight excluding hydrogens is 247 g/mol. The number of nitrogens with two attached hydrogens (primary N) is 1. The Morgan fingerprint density at radius 2 is 1.84 bits per heavy atom. The van der Waals surface area contributed by atoms with Crippen LogP contribution in [-0.2, 0) is 16.1 Å². The highest BCUT2D eigenvalue weighted by atomic mass is 19.1. The molecule has 0 radical (unpaired) electrons. The third-order valence-electron chi connectivity index (χ3n) is 3.30. The van der Waals surface area contributed by atoms with E-state index in [1.54, 1.807) is 0 Å². The van der Waals surface area contributed by atoms with E-state index in [0.717, 1.165) is 4.90 Å². The SMILES string of the molecule is CC1(C)CC(=O)N(Cc2cc(F)ccc2N)C(=O)C1. The maximum Gasteiger partial charge on any atom is 0.230 e. The number of carbonyl (C=O) groups excluding carboxylic acids is 2. The molecular formula is C14H17FN2O2. The molecule has 1 aromatic rings. The number of hydrogen-bond donors (Lipinski definition) is 1. The minimum absolute atomic E-state index is 0.0390. The first-order chi connectivity index (χ1) is 8.78. The van der Waals surface area contributed by atoms with E-state index in [0.29, 0.717) is 24.1 Å². The third kappa shape index (κ3) is 2.92. The van der Waals surface area contributed by atoms with Gasteiger partial charge in [0.1, 0.15) is 5.82 Å². The molecule has 0 unspecified atom stereocenters. The number of likely N-dealkylation sites (tertiary alicyclic amines) is 1. The number of nitrogens with zero attached hydrogens (tertiary/aromatic N) is 1. The van der Waals surface area contributed by atoms with Gasteiger partial charge in [-0.15, -0.1) is 0 Å². The quantitative estimate of drug-likeness (QED) is 0.657. The van der Waals surface area contributed by atoms with E-state index in [1.165, 1.54) is 18.2 Å². The molecule has 1 aliphatic heterocycles. The number of imide groups is 1. The van der Waals surface area contributed by atoms with Crippen LogP contribution < -0.4 is 5.73 Å². The summed E-state index contributed by atoms with van der Waals surface area (Å²) in [6, 6.07) is 3.95. The first kappa shape index (κ1) is 13.5. The number of piperidine rings is 1. The number of carbonyl (C=O) groups is 2. The number of amides is 2. The summed E-state index contributed by atoms with van der Waals surface area (Å²) in [4.78, 5) is 25.1. The Balaban J connectivity index is 2.21. The molecule has 102 valence electrons. The standard InChI is InChI=1S/C14H17FN2O2/c1-14(2)6-12(18)17(13(19)7-14)8-9-5-10(15)3-4-11(9)16/h3-5H,6-8,16H2,1-2H3. The number of benzene rings is 1. The topological polar surface area (TPSA) is 63.4 Å². The summed E-state index contributed by atoms with van der Waals surface area (Å²) >= 11 is 0. The van der Waals surface area contributed by atoms with Crippen LogP contribution in [-0.4, -0.2) is 16.7 Å². The van der Waals surface area contributed by atoms with Gasteiger partial charge in [-0.05, 0) is 29.2 Å². The molecule has 0 spiro atoms. The predicted molar refractivity (Wildman–Crippen MR) is 69.4 cm³/mol. The molecule has 0 atom stereocenters. The molecule has 2 rings (SSSR count). The Hall–Kier alpha value is -1.91. The second-order valence-electron chi connectivity index (χ2n) is 5.73. The minimum atomic E-state index is -0.429. The molecule has 0 bridgehead atoms. The van der Waals surface area contributed by atoms with Gasteiger partial charge in [0.05, 0.1) is 6.54 Å². The van der Waals surface area contributed by atoms with Gasteiger partial charge in [-0.1, -0.05) is 13.8 Å². The highest BCUT2D eigenvalue weighted by Gasteiger charge is 2.37. The smallest absolute Gasteiger partial charge is 0.230 e. The largest absolute Gasteiger partial charge is 0.398 e. The van der Waals surface area contributed by atoms with Gasteiger partial charge in [0.2, 0.25) is 11.8 Å². The zero-order valence-electron chi connectivity index (χ0n) is 11.1. The Kier molecular flexibility index (Phi) is 3.30. The lowest BCUT2D eigenvalue weighted by molar-refractivity contribution is -0.153. The molecule has 0 aromatic heterocycles. The van der Waals surface area contributed by atoms with Crippen molar-refractivity contribution >= 4 is 17.5 Å². The summed E-state index contributed by atoms with van der Waals surface area (Å²) < 4.78 is 13.2. The van der Waals surface area contributed by atoms with Crippen LogP contribution in [0.25, 0.3) is 0 Å². The van der Waals surface area contributed by atoms with Gasteiger partial charge in [-0.2, -0.15) is 0 Å². The van der Waals surface area contributed by atoms with Gasteiger partial charge >= 0.3 is 0 Å². The summed E-state index contributed by atoms with van der Waals surface area (Å²) in [5.41, 5.74) is 6.27. The molecule has 19 heavy (non-hydrogen) atoms. The van der Waals surface area contributed by atoms with Crippen molar-refractivity contribution in [3.8, 4) is 0 Å². The molecule has 2 N–H and O–H groups in total. The van der Waals surface area contributed by atoms with Gasteiger partial charge < -0.3 is 5.73 Å². The maximum absolute atomic E-state index is 13.2. The maximum atomic E-state index is 13.2. The Labute approximate surface area is 111 Å². The lowest BCUT2D eigenvalue weighted by Crippen LogP contribution is -2.45. The number of anilines is 1. The molecule has 2 amide bonds. The molecule has 1 heterocycles. The minimum Gasteiger partial charge on any atom is -0.398 e. The van der Waals surface area contributed by atoms with Crippen LogP contribution in [0.4, 0.5) is 10.1 Å². The normalized spacial score (nSPS) is 18.8. The monoisotopic (exact) mass is 264 g/mol. The Morgan fingerprint density at radius 3 is 2.42 bits per heavy atom. The van der Waals surface area contributed by atoms with Crippen molar-refractivity contribution in [1.82, 2.24) is 4.90 Å². The fourth-order valence-electron chi connectivity index (χ4n) is 2.27. The van der Waals surface area contributed by atoms with Crippen LogP contribution in [0.5, 0.6) is 0 Å². The van der Waals surface area contributed by atoms with Crippen LogP contribution >= 0.6 is 0 Å². The van der Waals surface area contributed by atoms with Gasteiger partial charge in [-0.3, -0.25) is 14.5 Å². The first-order valence-corrected chi connectivity index (χ1v) is 6.16. The van der Waals surface area contributed by atoms with Crippen molar-refractivity contribution in [3.05, 3.63) is 29.6 Å². The average molecular weight is 264 g/mol. The number of rotatable bonds is 2. The number of halogens is 1. The van der Waals surface area contributed by atoms with Crippen LogP contribution in [0.15, 0.2) is 18.2 Å². The van der Waals surface area contributed by atoms with Crippen molar-refractivity contribution in [2.45, 2.75) is 33.2 Å². The van der Waals surface area contributed by atoms with Gasteiger partial charge in [-0.25, -0.2) is 4.39 Å². The van der Waals surface area contributed by atoms with E-state index in [2.05, 4.69) is 0 Å². The highest BCUT2D eigenvalue weighted by Crippen LogP contribution is 2.32. The van der Waals surface area contributed by atoms with Gasteiger partial charge in [0.15, 0.2) is 0 Å². The molecule has 1 fully saturated rings. The zero-order valence-corrected chi connectivity index (χ0v) is 11.1. The lowest BCUT2D eigenvalue weighted by Gasteiger charge is -2.34. The first-order valence-electron chi connectivity index (χ1n) is 6.16. The predicted octanol–water partition coefficient (Wildman–Crippen LogP) is 2.08. The Bertz CT molecular complexity index is 520. The van der Waals surface area contributed by atoms with E-state index in [9.17, 15) is 14.0 Å². The van der Waals surface area contributed by atoms with E-state index in [1.807, 2.05) is 13.8 Å².